The Morgan fingerprint density at radius 2 is 0.731 bits per heavy atom. The van der Waals surface area contributed by atoms with E-state index in [0.29, 0.717) is 0 Å². The van der Waals surface area contributed by atoms with E-state index in [4.69, 9.17) is 4.42 Å². The molecule has 0 atom stereocenters. The Balaban J connectivity index is 0.814. The number of aromatic nitrogens is 1. The first-order chi connectivity index (χ1) is 33.2. The third kappa shape index (κ3) is 6.76. The first-order valence-corrected chi connectivity index (χ1v) is 22.9. The first-order valence-electron chi connectivity index (χ1n) is 22.9. The summed E-state index contributed by atoms with van der Waals surface area (Å²) in [5, 5.41) is 7.30. The summed E-state index contributed by atoms with van der Waals surface area (Å²) in [7, 11) is 0. The molecular formula is C64H42N2O. The number of furan rings is 1. The Morgan fingerprint density at radius 1 is 0.299 bits per heavy atom. The topological polar surface area (TPSA) is 21.3 Å². The summed E-state index contributed by atoms with van der Waals surface area (Å²) >= 11 is 0. The van der Waals surface area contributed by atoms with E-state index in [1.807, 2.05) is 12.1 Å². The van der Waals surface area contributed by atoms with Crippen LogP contribution in [0.5, 0.6) is 0 Å². The van der Waals surface area contributed by atoms with E-state index >= 15 is 0 Å². The zero-order chi connectivity index (χ0) is 44.3. The minimum Gasteiger partial charge on any atom is -0.456 e. The van der Waals surface area contributed by atoms with E-state index < -0.39 is 0 Å². The highest BCUT2D eigenvalue weighted by Crippen LogP contribution is 2.41. The predicted octanol–water partition coefficient (Wildman–Crippen LogP) is 18.0. The molecule has 0 unspecified atom stereocenters. The highest BCUT2D eigenvalue weighted by atomic mass is 16.3. The summed E-state index contributed by atoms with van der Waals surface area (Å²) in [5.41, 5.74) is 18.0. The van der Waals surface area contributed by atoms with E-state index in [-0.39, 0.29) is 0 Å². The quantitative estimate of drug-likeness (QED) is 0.152. The Hall–Kier alpha value is -8.92. The first kappa shape index (κ1) is 38.5. The number of hydrogen-bond donors (Lipinski definition) is 0. The molecule has 3 nitrogen and oxygen atoms in total. The predicted molar refractivity (Wildman–Crippen MR) is 282 cm³/mol. The average molecular weight is 855 g/mol. The standard InChI is InChI=1S/C64H42N2O/c1-2-11-50-42-51(25-24-43(50)10-1)48-30-36-53(37-31-48)65(54-40-32-49(33-41-54)56-15-9-19-63-64(56)59-14-5-8-18-62(59)67-63)52-34-26-46(27-35-52)44-20-22-45(23-21-44)47-28-38-55(39-29-47)66-60-16-6-3-12-57(60)58-13-4-7-17-61(58)66/h1-42H. The van der Waals surface area contributed by atoms with Gasteiger partial charge in [0.15, 0.2) is 0 Å². The monoisotopic (exact) mass is 854 g/mol. The number of anilines is 3. The molecule has 0 saturated heterocycles. The molecule has 2 heterocycles. The van der Waals surface area contributed by atoms with Crippen molar-refractivity contribution in [2.24, 2.45) is 0 Å². The molecule has 11 aromatic carbocycles. The van der Waals surface area contributed by atoms with Gasteiger partial charge in [-0.3, -0.25) is 0 Å². The molecule has 0 bridgehead atoms. The maximum absolute atomic E-state index is 6.25. The second-order valence-electron chi connectivity index (χ2n) is 17.3. The molecule has 2 aromatic heterocycles. The van der Waals surface area contributed by atoms with Crippen LogP contribution in [0.25, 0.3) is 105 Å². The lowest BCUT2D eigenvalue weighted by Crippen LogP contribution is -2.09. The Bertz CT molecular complexity index is 3880. The van der Waals surface area contributed by atoms with Gasteiger partial charge in [0.2, 0.25) is 0 Å². The molecular weight excluding hydrogens is 813 g/mol. The summed E-state index contributed by atoms with van der Waals surface area (Å²) < 4.78 is 8.61. The molecule has 0 spiro atoms. The molecule has 314 valence electrons. The Morgan fingerprint density at radius 3 is 1.33 bits per heavy atom. The molecule has 67 heavy (non-hydrogen) atoms. The molecule has 0 N–H and O–H groups in total. The number of nitrogens with zero attached hydrogens (tertiary/aromatic N) is 2. The number of benzene rings is 11. The summed E-state index contributed by atoms with van der Waals surface area (Å²) in [5.74, 6) is 0. The second-order valence-corrected chi connectivity index (χ2v) is 17.3. The minimum atomic E-state index is 0.899. The average Bonchev–Trinajstić information content (AvgIpc) is 3.96. The van der Waals surface area contributed by atoms with Crippen LogP contribution in [0.3, 0.4) is 0 Å². The number of fused-ring (bicyclic) bond motifs is 7. The van der Waals surface area contributed by atoms with Crippen molar-refractivity contribution in [1.29, 1.82) is 0 Å². The maximum Gasteiger partial charge on any atom is 0.136 e. The van der Waals surface area contributed by atoms with Crippen molar-refractivity contribution in [1.82, 2.24) is 4.57 Å². The van der Waals surface area contributed by atoms with Crippen molar-refractivity contribution >= 4 is 71.6 Å². The highest BCUT2D eigenvalue weighted by Gasteiger charge is 2.17. The van der Waals surface area contributed by atoms with Crippen LogP contribution >= 0.6 is 0 Å². The van der Waals surface area contributed by atoms with Gasteiger partial charge in [-0.1, -0.05) is 176 Å². The van der Waals surface area contributed by atoms with Gasteiger partial charge in [-0.25, -0.2) is 0 Å². The van der Waals surface area contributed by atoms with E-state index in [0.717, 1.165) is 55.8 Å². The molecule has 13 aromatic rings. The lowest BCUT2D eigenvalue weighted by atomic mass is 9.98. The van der Waals surface area contributed by atoms with E-state index in [2.05, 4.69) is 252 Å². The molecule has 0 aliphatic heterocycles. The normalized spacial score (nSPS) is 11.6. The molecule has 0 fully saturated rings. The van der Waals surface area contributed by atoms with Crippen molar-refractivity contribution in [3.05, 3.63) is 255 Å². The van der Waals surface area contributed by atoms with Gasteiger partial charge in [-0.2, -0.15) is 0 Å². The molecule has 0 aliphatic carbocycles. The van der Waals surface area contributed by atoms with Gasteiger partial charge in [-0.05, 0) is 134 Å². The van der Waals surface area contributed by atoms with Crippen molar-refractivity contribution in [2.75, 3.05) is 4.90 Å². The van der Waals surface area contributed by atoms with E-state index in [1.165, 1.54) is 66.0 Å². The minimum absolute atomic E-state index is 0.899. The summed E-state index contributed by atoms with van der Waals surface area (Å²) in [6.45, 7) is 0. The lowest BCUT2D eigenvalue weighted by Gasteiger charge is -2.26. The summed E-state index contributed by atoms with van der Waals surface area (Å²) in [4.78, 5) is 2.34. The molecule has 13 rings (SSSR count). The fourth-order valence-electron chi connectivity index (χ4n) is 10.1. The van der Waals surface area contributed by atoms with Crippen LogP contribution in [0.2, 0.25) is 0 Å². The van der Waals surface area contributed by atoms with Crippen LogP contribution in [0.15, 0.2) is 259 Å². The van der Waals surface area contributed by atoms with Crippen LogP contribution in [0, 0.1) is 0 Å². The summed E-state index contributed by atoms with van der Waals surface area (Å²) in [6, 6.07) is 91.9. The Labute approximate surface area is 388 Å². The van der Waals surface area contributed by atoms with Crippen molar-refractivity contribution in [3.8, 4) is 50.2 Å². The largest absolute Gasteiger partial charge is 0.456 e. The van der Waals surface area contributed by atoms with Crippen LogP contribution in [-0.2, 0) is 0 Å². The zero-order valence-corrected chi connectivity index (χ0v) is 36.6. The van der Waals surface area contributed by atoms with Gasteiger partial charge in [-0.15, -0.1) is 0 Å². The van der Waals surface area contributed by atoms with Crippen molar-refractivity contribution in [3.63, 3.8) is 0 Å². The third-order valence-corrected chi connectivity index (χ3v) is 13.4. The third-order valence-electron chi connectivity index (χ3n) is 13.4. The number of rotatable bonds is 8. The fraction of sp³-hybridized carbons (Fsp3) is 0. The van der Waals surface area contributed by atoms with Crippen LogP contribution < -0.4 is 4.90 Å². The van der Waals surface area contributed by atoms with Crippen molar-refractivity contribution < 1.29 is 4.42 Å². The Kier molecular flexibility index (Phi) is 9.17. The fourth-order valence-corrected chi connectivity index (χ4v) is 10.1. The van der Waals surface area contributed by atoms with Crippen LogP contribution in [-0.4, -0.2) is 4.57 Å². The molecule has 3 heteroatoms. The zero-order valence-electron chi connectivity index (χ0n) is 36.6. The van der Waals surface area contributed by atoms with Gasteiger partial charge < -0.3 is 13.9 Å². The number of para-hydroxylation sites is 3. The molecule has 0 amide bonds. The molecule has 0 saturated carbocycles. The molecule has 0 aliphatic rings. The van der Waals surface area contributed by atoms with Crippen molar-refractivity contribution in [2.45, 2.75) is 0 Å². The van der Waals surface area contributed by atoms with Gasteiger partial charge in [0.1, 0.15) is 11.2 Å². The molecule has 0 radical (unpaired) electrons. The summed E-state index contributed by atoms with van der Waals surface area (Å²) in [6.07, 6.45) is 0. The smallest absolute Gasteiger partial charge is 0.136 e. The van der Waals surface area contributed by atoms with Gasteiger partial charge in [0.25, 0.3) is 0 Å². The van der Waals surface area contributed by atoms with E-state index in [9.17, 15) is 0 Å². The lowest BCUT2D eigenvalue weighted by molar-refractivity contribution is 0.669. The van der Waals surface area contributed by atoms with Gasteiger partial charge >= 0.3 is 0 Å². The maximum atomic E-state index is 6.25. The van der Waals surface area contributed by atoms with Gasteiger partial charge in [0, 0.05) is 44.3 Å². The van der Waals surface area contributed by atoms with Crippen LogP contribution in [0.4, 0.5) is 17.1 Å². The highest BCUT2D eigenvalue weighted by molar-refractivity contribution is 6.12. The van der Waals surface area contributed by atoms with E-state index in [1.54, 1.807) is 0 Å². The van der Waals surface area contributed by atoms with Crippen LogP contribution in [0.1, 0.15) is 0 Å². The number of hydrogen-bond acceptors (Lipinski definition) is 2. The van der Waals surface area contributed by atoms with Gasteiger partial charge in [0.05, 0.1) is 11.0 Å². The second kappa shape index (κ2) is 16.0. The SMILES string of the molecule is c1ccc2cc(-c3ccc(N(c4ccc(-c5ccc(-c6ccc(-n7c8ccccc8c8ccccc87)cc6)cc5)cc4)c4ccc(-c5cccc6oc7ccccc7c56)cc4)cc3)ccc2c1.